The first-order chi connectivity index (χ1) is 8.66. The molecule has 11 heteroatoms. The van der Waals surface area contributed by atoms with Gasteiger partial charge in [0.2, 0.25) is 0 Å². The highest BCUT2D eigenvalue weighted by molar-refractivity contribution is 7.60. The molecule has 0 aliphatic heterocycles. The first kappa shape index (κ1) is 19.2. The van der Waals surface area contributed by atoms with Crippen LogP contribution in [-0.4, -0.2) is 27.5 Å². The third-order valence-corrected chi connectivity index (χ3v) is 4.38. The van der Waals surface area contributed by atoms with Gasteiger partial charge in [0, 0.05) is 0 Å². The topological polar surface area (TPSA) is 165 Å². The minimum atomic E-state index is -5.09. The van der Waals surface area contributed by atoms with Crippen molar-refractivity contribution in [3.63, 3.8) is 0 Å². The SMILES string of the molecule is NCCCCCCCC(N)OP(=O)(O)OP(=O)(O)O. The molecule has 0 aliphatic rings. The molecule has 0 heterocycles. The van der Waals surface area contributed by atoms with Crippen LogP contribution in [0.1, 0.15) is 38.5 Å². The Hall–Kier alpha value is 0.180. The van der Waals surface area contributed by atoms with Crippen molar-refractivity contribution in [1.29, 1.82) is 0 Å². The molecule has 0 rings (SSSR count). The highest BCUT2D eigenvalue weighted by atomic mass is 31.3. The molecule has 9 nitrogen and oxygen atoms in total. The van der Waals surface area contributed by atoms with E-state index in [1.165, 1.54) is 0 Å². The summed E-state index contributed by atoms with van der Waals surface area (Å²) in [6.45, 7) is 0.649. The molecule has 0 bridgehead atoms. The zero-order valence-electron chi connectivity index (χ0n) is 10.6. The van der Waals surface area contributed by atoms with Crippen LogP contribution in [0.5, 0.6) is 0 Å². The molecule has 0 fully saturated rings. The van der Waals surface area contributed by atoms with Crippen molar-refractivity contribution < 1.29 is 32.6 Å². The van der Waals surface area contributed by atoms with Gasteiger partial charge in [-0.1, -0.05) is 19.3 Å². The summed E-state index contributed by atoms with van der Waals surface area (Å²) in [5.41, 5.74) is 10.7. The van der Waals surface area contributed by atoms with Gasteiger partial charge in [0.1, 0.15) is 6.23 Å². The number of nitrogens with two attached hydrogens (primary N) is 2. The number of rotatable bonds is 11. The quantitative estimate of drug-likeness (QED) is 0.210. The standard InChI is InChI=1S/C8H22N2O7P2/c9-7-5-3-1-2-4-6-8(10)16-19(14,15)17-18(11,12)13/h8H,1-7,9-10H2,(H,14,15)(H2,11,12,13). The molecule has 0 amide bonds. The Labute approximate surface area is 112 Å². The maximum atomic E-state index is 11.1. The second kappa shape index (κ2) is 9.18. The summed E-state index contributed by atoms with van der Waals surface area (Å²) in [6.07, 6.45) is 3.64. The summed E-state index contributed by atoms with van der Waals surface area (Å²) in [7, 11) is -9.93. The Balaban J connectivity index is 3.81. The van der Waals surface area contributed by atoms with E-state index in [0.29, 0.717) is 13.0 Å². The normalized spacial score (nSPS) is 17.1. The van der Waals surface area contributed by atoms with Crippen LogP contribution in [0.25, 0.3) is 0 Å². The molecule has 0 aromatic carbocycles. The van der Waals surface area contributed by atoms with E-state index in [2.05, 4.69) is 8.83 Å². The predicted octanol–water partition coefficient (Wildman–Crippen LogP) is 0.797. The van der Waals surface area contributed by atoms with Crippen molar-refractivity contribution in [2.24, 2.45) is 11.5 Å². The van der Waals surface area contributed by atoms with E-state index in [1.807, 2.05) is 0 Å². The van der Waals surface area contributed by atoms with Crippen LogP contribution in [0, 0.1) is 0 Å². The van der Waals surface area contributed by atoms with Crippen LogP contribution in [-0.2, 0) is 18.0 Å². The van der Waals surface area contributed by atoms with Gasteiger partial charge in [0.15, 0.2) is 0 Å². The van der Waals surface area contributed by atoms with Crippen molar-refractivity contribution >= 4 is 15.6 Å². The highest BCUT2D eigenvalue weighted by Crippen LogP contribution is 2.57. The monoisotopic (exact) mass is 320 g/mol. The molecule has 0 spiro atoms. The van der Waals surface area contributed by atoms with E-state index in [4.69, 9.17) is 26.1 Å². The molecule has 0 saturated heterocycles. The maximum Gasteiger partial charge on any atom is 0.482 e. The zero-order chi connectivity index (χ0) is 14.9. The number of hydrogen-bond donors (Lipinski definition) is 5. The van der Waals surface area contributed by atoms with E-state index in [0.717, 1.165) is 25.7 Å². The average Bonchev–Trinajstić information content (AvgIpc) is 2.18. The van der Waals surface area contributed by atoms with Crippen molar-refractivity contribution in [2.75, 3.05) is 6.54 Å². The van der Waals surface area contributed by atoms with Crippen molar-refractivity contribution in [3.8, 4) is 0 Å². The maximum absolute atomic E-state index is 11.1. The lowest BCUT2D eigenvalue weighted by atomic mass is 10.1. The van der Waals surface area contributed by atoms with E-state index >= 15 is 0 Å². The van der Waals surface area contributed by atoms with Gasteiger partial charge >= 0.3 is 15.6 Å². The van der Waals surface area contributed by atoms with Crippen LogP contribution >= 0.6 is 15.6 Å². The predicted molar refractivity (Wildman–Crippen MR) is 68.8 cm³/mol. The van der Waals surface area contributed by atoms with Gasteiger partial charge in [-0.05, 0) is 25.8 Å². The van der Waals surface area contributed by atoms with Crippen LogP contribution < -0.4 is 11.5 Å². The molecular formula is C8H22N2O7P2. The van der Waals surface area contributed by atoms with Gasteiger partial charge in [0.05, 0.1) is 0 Å². The Morgan fingerprint density at radius 3 is 2.05 bits per heavy atom. The van der Waals surface area contributed by atoms with Crippen molar-refractivity contribution in [1.82, 2.24) is 0 Å². The molecule has 0 aromatic heterocycles. The first-order valence-electron chi connectivity index (χ1n) is 5.90. The lowest BCUT2D eigenvalue weighted by Gasteiger charge is -2.17. The second-order valence-electron chi connectivity index (χ2n) is 4.03. The third-order valence-electron chi connectivity index (χ3n) is 2.17. The number of phosphoric ester groups is 1. The molecule has 0 aliphatic carbocycles. The Bertz CT molecular complexity index is 335. The van der Waals surface area contributed by atoms with Gasteiger partial charge in [-0.15, -0.1) is 0 Å². The summed E-state index contributed by atoms with van der Waals surface area (Å²) < 4.78 is 29.5. The molecule has 0 saturated carbocycles. The molecule has 19 heavy (non-hydrogen) atoms. The first-order valence-corrected chi connectivity index (χ1v) is 8.92. The Morgan fingerprint density at radius 1 is 1.00 bits per heavy atom. The molecular weight excluding hydrogens is 298 g/mol. The van der Waals surface area contributed by atoms with Crippen LogP contribution in [0.4, 0.5) is 0 Å². The van der Waals surface area contributed by atoms with Gasteiger partial charge in [-0.3, -0.25) is 4.52 Å². The van der Waals surface area contributed by atoms with Crippen LogP contribution in [0.3, 0.4) is 0 Å². The lowest BCUT2D eigenvalue weighted by molar-refractivity contribution is 0.123. The number of hydrogen-bond acceptors (Lipinski definition) is 6. The zero-order valence-corrected chi connectivity index (χ0v) is 12.3. The van der Waals surface area contributed by atoms with E-state index in [1.54, 1.807) is 0 Å². The van der Waals surface area contributed by atoms with Gasteiger partial charge in [-0.2, -0.15) is 4.31 Å². The molecule has 2 unspecified atom stereocenters. The Morgan fingerprint density at radius 2 is 1.53 bits per heavy atom. The largest absolute Gasteiger partial charge is 0.482 e. The fourth-order valence-electron chi connectivity index (χ4n) is 1.40. The fourth-order valence-corrected chi connectivity index (χ4v) is 3.07. The van der Waals surface area contributed by atoms with Gasteiger partial charge in [-0.25, -0.2) is 9.13 Å². The number of phosphoric acid groups is 2. The lowest BCUT2D eigenvalue weighted by Crippen LogP contribution is -2.22. The molecule has 7 N–H and O–H groups in total. The molecule has 0 aromatic rings. The van der Waals surface area contributed by atoms with Gasteiger partial charge in [0.25, 0.3) is 0 Å². The van der Waals surface area contributed by atoms with Crippen LogP contribution in [0.2, 0.25) is 0 Å². The smallest absolute Gasteiger partial charge is 0.330 e. The van der Waals surface area contributed by atoms with E-state index < -0.39 is 21.9 Å². The van der Waals surface area contributed by atoms with Crippen molar-refractivity contribution in [2.45, 2.75) is 44.8 Å². The van der Waals surface area contributed by atoms with Crippen LogP contribution in [0.15, 0.2) is 0 Å². The minimum absolute atomic E-state index is 0.289. The average molecular weight is 320 g/mol. The van der Waals surface area contributed by atoms with Gasteiger partial charge < -0.3 is 26.1 Å². The fraction of sp³-hybridized carbons (Fsp3) is 1.00. The molecule has 0 radical (unpaired) electrons. The molecule has 2 atom stereocenters. The Kier molecular flexibility index (Phi) is 9.26. The summed E-state index contributed by atoms with van der Waals surface area (Å²) in [4.78, 5) is 25.8. The second-order valence-corrected chi connectivity index (χ2v) is 6.81. The van der Waals surface area contributed by atoms with E-state index in [-0.39, 0.29) is 6.42 Å². The molecule has 116 valence electrons. The highest BCUT2D eigenvalue weighted by Gasteiger charge is 2.33. The van der Waals surface area contributed by atoms with Crippen molar-refractivity contribution in [3.05, 3.63) is 0 Å². The summed E-state index contributed by atoms with van der Waals surface area (Å²) in [5, 5.41) is 0. The van der Waals surface area contributed by atoms with E-state index in [9.17, 15) is 9.13 Å². The number of unbranched alkanes of at least 4 members (excludes halogenated alkanes) is 4. The summed E-state index contributed by atoms with van der Waals surface area (Å²) in [5.74, 6) is 0. The third kappa shape index (κ3) is 12.9. The summed E-state index contributed by atoms with van der Waals surface area (Å²) in [6, 6.07) is 0. The minimum Gasteiger partial charge on any atom is -0.330 e. The summed E-state index contributed by atoms with van der Waals surface area (Å²) >= 11 is 0.